The van der Waals surface area contributed by atoms with Gasteiger partial charge in [0, 0.05) is 28.1 Å². The molecule has 1 aromatic heterocycles. The number of hydrogen-bond donors (Lipinski definition) is 1. The van der Waals surface area contributed by atoms with Crippen LogP contribution in [-0.4, -0.2) is 10.5 Å². The fourth-order valence-corrected chi connectivity index (χ4v) is 3.49. The number of amides is 1. The first-order chi connectivity index (χ1) is 11.0. The molecule has 3 rings (SSSR count). The van der Waals surface area contributed by atoms with Crippen molar-refractivity contribution in [3.8, 4) is 0 Å². The van der Waals surface area contributed by atoms with E-state index in [2.05, 4.69) is 44.9 Å². The zero-order chi connectivity index (χ0) is 16.6. The summed E-state index contributed by atoms with van der Waals surface area (Å²) in [5.41, 5.74) is 5.33. The predicted molar refractivity (Wildman–Crippen MR) is 98.9 cm³/mol. The van der Waals surface area contributed by atoms with Crippen LogP contribution in [0.1, 0.15) is 16.8 Å². The van der Waals surface area contributed by atoms with E-state index < -0.39 is 0 Å². The van der Waals surface area contributed by atoms with Gasteiger partial charge in [-0.15, -0.1) is 0 Å². The van der Waals surface area contributed by atoms with E-state index in [1.807, 2.05) is 44.3 Å². The number of aryl methyl sites for hydroxylation is 2. The van der Waals surface area contributed by atoms with E-state index in [0.717, 1.165) is 37.9 Å². The molecule has 0 spiro atoms. The number of carbonyl (C=O) groups excluding carboxylic acids is 1. The number of anilines is 1. The van der Waals surface area contributed by atoms with Gasteiger partial charge in [0.15, 0.2) is 0 Å². The molecule has 23 heavy (non-hydrogen) atoms. The average molecular weight is 371 g/mol. The Hall–Kier alpha value is -2.07. The van der Waals surface area contributed by atoms with E-state index in [1.165, 1.54) is 0 Å². The van der Waals surface area contributed by atoms with E-state index in [0.29, 0.717) is 6.42 Å². The highest BCUT2D eigenvalue weighted by atomic mass is 79.9. The first kappa shape index (κ1) is 15.8. The monoisotopic (exact) mass is 370 g/mol. The topological polar surface area (TPSA) is 34.0 Å². The minimum Gasteiger partial charge on any atom is -0.348 e. The number of nitrogens with one attached hydrogen (secondary N) is 1. The Balaban J connectivity index is 1.87. The molecule has 0 fully saturated rings. The number of para-hydroxylation sites is 1. The van der Waals surface area contributed by atoms with E-state index >= 15 is 0 Å². The van der Waals surface area contributed by atoms with Gasteiger partial charge in [0.05, 0.1) is 12.1 Å². The molecular formula is C19H19BrN2O. The van der Waals surface area contributed by atoms with Crippen LogP contribution in [0.2, 0.25) is 0 Å². The second-order valence-electron chi connectivity index (χ2n) is 5.85. The Morgan fingerprint density at radius 2 is 1.91 bits per heavy atom. The van der Waals surface area contributed by atoms with Crippen LogP contribution in [-0.2, 0) is 18.3 Å². The molecule has 118 valence electrons. The van der Waals surface area contributed by atoms with Gasteiger partial charge in [0.25, 0.3) is 0 Å². The normalized spacial score (nSPS) is 11.0. The highest BCUT2D eigenvalue weighted by Crippen LogP contribution is 2.27. The highest BCUT2D eigenvalue weighted by Gasteiger charge is 2.15. The lowest BCUT2D eigenvalue weighted by Gasteiger charge is -2.08. The Bertz CT molecular complexity index is 896. The molecule has 1 N–H and O–H groups in total. The maximum absolute atomic E-state index is 12.5. The van der Waals surface area contributed by atoms with Gasteiger partial charge in [0.2, 0.25) is 5.91 Å². The Morgan fingerprint density at radius 1 is 1.17 bits per heavy atom. The van der Waals surface area contributed by atoms with Gasteiger partial charge in [-0.2, -0.15) is 0 Å². The van der Waals surface area contributed by atoms with Crippen molar-refractivity contribution in [3.05, 3.63) is 63.8 Å². The minimum atomic E-state index is -0.00555. The van der Waals surface area contributed by atoms with Gasteiger partial charge in [-0.25, -0.2) is 0 Å². The molecule has 0 aliphatic rings. The number of aromatic nitrogens is 1. The van der Waals surface area contributed by atoms with Crippen molar-refractivity contribution in [3.63, 3.8) is 0 Å². The van der Waals surface area contributed by atoms with Crippen LogP contribution in [0.3, 0.4) is 0 Å². The van der Waals surface area contributed by atoms with Crippen molar-refractivity contribution in [2.45, 2.75) is 20.3 Å². The molecule has 0 bridgehead atoms. The molecule has 2 aromatic carbocycles. The molecule has 0 saturated heterocycles. The maximum Gasteiger partial charge on any atom is 0.228 e. The van der Waals surface area contributed by atoms with Crippen LogP contribution >= 0.6 is 15.9 Å². The Morgan fingerprint density at radius 3 is 2.65 bits per heavy atom. The highest BCUT2D eigenvalue weighted by molar-refractivity contribution is 9.10. The fraction of sp³-hybridized carbons (Fsp3) is 0.211. The summed E-state index contributed by atoms with van der Waals surface area (Å²) in [5.74, 6) is -0.00555. The van der Waals surface area contributed by atoms with Gasteiger partial charge >= 0.3 is 0 Å². The zero-order valence-electron chi connectivity index (χ0n) is 13.5. The van der Waals surface area contributed by atoms with Crippen LogP contribution in [0, 0.1) is 13.8 Å². The van der Waals surface area contributed by atoms with Gasteiger partial charge in [-0.1, -0.05) is 24.3 Å². The maximum atomic E-state index is 12.5. The van der Waals surface area contributed by atoms with E-state index in [1.54, 1.807) is 0 Å². The third kappa shape index (κ3) is 3.04. The lowest BCUT2D eigenvalue weighted by molar-refractivity contribution is -0.115. The lowest BCUT2D eigenvalue weighted by atomic mass is 10.1. The third-order valence-corrected chi connectivity index (χ3v) is 4.92. The summed E-state index contributed by atoms with van der Waals surface area (Å²) in [6, 6.07) is 14.1. The molecular weight excluding hydrogens is 352 g/mol. The molecule has 1 amide bonds. The molecule has 0 unspecified atom stereocenters. The molecule has 3 nitrogen and oxygen atoms in total. The standard InChI is InChI=1S/C19H19BrN2O/c1-12-8-9-17(16(20)10-12)21-19(23)11-15-13(2)22(3)18-7-5-4-6-14(15)18/h4-10H,11H2,1-3H3,(H,21,23). The SMILES string of the molecule is Cc1ccc(NC(=O)Cc2c(C)n(C)c3ccccc23)c(Br)c1. The molecule has 0 atom stereocenters. The summed E-state index contributed by atoms with van der Waals surface area (Å²) >= 11 is 3.50. The zero-order valence-corrected chi connectivity index (χ0v) is 15.1. The van der Waals surface area contributed by atoms with E-state index in [4.69, 9.17) is 0 Å². The van der Waals surface area contributed by atoms with Crippen LogP contribution in [0.5, 0.6) is 0 Å². The average Bonchev–Trinajstić information content (AvgIpc) is 2.76. The Kier molecular flexibility index (Phi) is 4.26. The molecule has 3 aromatic rings. The summed E-state index contributed by atoms with van der Waals surface area (Å²) in [6.45, 7) is 4.08. The molecule has 0 saturated carbocycles. The molecule has 0 aliphatic heterocycles. The smallest absolute Gasteiger partial charge is 0.228 e. The second-order valence-corrected chi connectivity index (χ2v) is 6.70. The Labute approximate surface area is 144 Å². The molecule has 1 heterocycles. The second kappa shape index (κ2) is 6.20. The van der Waals surface area contributed by atoms with Crippen molar-refractivity contribution in [1.82, 2.24) is 4.57 Å². The van der Waals surface area contributed by atoms with E-state index in [-0.39, 0.29) is 5.91 Å². The largest absolute Gasteiger partial charge is 0.348 e. The van der Waals surface area contributed by atoms with E-state index in [9.17, 15) is 4.79 Å². The summed E-state index contributed by atoms with van der Waals surface area (Å²) in [5, 5.41) is 4.14. The van der Waals surface area contributed by atoms with Gasteiger partial charge in [-0.3, -0.25) is 4.79 Å². The minimum absolute atomic E-state index is 0.00555. The number of nitrogens with zero attached hydrogens (tertiary/aromatic N) is 1. The fourth-order valence-electron chi connectivity index (χ4n) is 2.90. The summed E-state index contributed by atoms with van der Waals surface area (Å²) in [4.78, 5) is 12.5. The van der Waals surface area contributed by atoms with Crippen LogP contribution in [0.25, 0.3) is 10.9 Å². The number of benzene rings is 2. The van der Waals surface area contributed by atoms with Crippen molar-refractivity contribution < 1.29 is 4.79 Å². The van der Waals surface area contributed by atoms with Crippen LogP contribution < -0.4 is 5.32 Å². The first-order valence-corrected chi connectivity index (χ1v) is 8.35. The van der Waals surface area contributed by atoms with Gasteiger partial charge in [-0.05, 0) is 59.1 Å². The van der Waals surface area contributed by atoms with Crippen molar-refractivity contribution >= 4 is 38.4 Å². The number of carbonyl (C=O) groups is 1. The summed E-state index contributed by atoms with van der Waals surface area (Å²) < 4.78 is 3.04. The number of hydrogen-bond acceptors (Lipinski definition) is 1. The van der Waals surface area contributed by atoms with Crippen LogP contribution in [0.4, 0.5) is 5.69 Å². The van der Waals surface area contributed by atoms with Gasteiger partial charge in [0.1, 0.15) is 0 Å². The van der Waals surface area contributed by atoms with Gasteiger partial charge < -0.3 is 9.88 Å². The summed E-state index contributed by atoms with van der Waals surface area (Å²) in [6.07, 6.45) is 0.369. The molecule has 0 aliphatic carbocycles. The predicted octanol–water partition coefficient (Wildman–Crippen LogP) is 4.74. The number of rotatable bonds is 3. The lowest BCUT2D eigenvalue weighted by Crippen LogP contribution is -2.15. The number of halogens is 1. The van der Waals surface area contributed by atoms with Crippen molar-refractivity contribution in [2.75, 3.05) is 5.32 Å². The van der Waals surface area contributed by atoms with Crippen molar-refractivity contribution in [1.29, 1.82) is 0 Å². The summed E-state index contributed by atoms with van der Waals surface area (Å²) in [7, 11) is 2.04. The van der Waals surface area contributed by atoms with Crippen molar-refractivity contribution in [2.24, 2.45) is 7.05 Å². The molecule has 0 radical (unpaired) electrons. The molecule has 4 heteroatoms. The third-order valence-electron chi connectivity index (χ3n) is 4.27. The quantitative estimate of drug-likeness (QED) is 0.709. The number of fused-ring (bicyclic) bond motifs is 1. The first-order valence-electron chi connectivity index (χ1n) is 7.56. The van der Waals surface area contributed by atoms with Crippen LogP contribution in [0.15, 0.2) is 46.9 Å².